The highest BCUT2D eigenvalue weighted by molar-refractivity contribution is 5.77. The fraction of sp³-hybridized carbons (Fsp3) is 0.981. The normalized spacial score (nSPS) is 13.4. The van der Waals surface area contributed by atoms with Crippen LogP contribution in [0.25, 0.3) is 0 Å². The Hall–Kier alpha value is -0.610. The van der Waals surface area contributed by atoms with Crippen LogP contribution in [0.2, 0.25) is 0 Å². The molecule has 1 unspecified atom stereocenters. The molecular weight excluding hydrogens is 689 g/mol. The number of hydrogen-bond donors (Lipinski definition) is 1. The first-order valence-corrected chi connectivity index (χ1v) is 25.8. The fourth-order valence-electron chi connectivity index (χ4n) is 9.23. The van der Waals surface area contributed by atoms with E-state index in [1.807, 2.05) is 6.92 Å². The van der Waals surface area contributed by atoms with Crippen LogP contribution < -0.4 is 0 Å². The average molecular weight is 793 g/mol. The van der Waals surface area contributed by atoms with E-state index in [0.29, 0.717) is 12.8 Å². The van der Waals surface area contributed by atoms with Gasteiger partial charge in [0.05, 0.1) is 0 Å². The van der Waals surface area contributed by atoms with Gasteiger partial charge in [-0.1, -0.05) is 267 Å². The van der Waals surface area contributed by atoms with Gasteiger partial charge in [-0.15, -0.1) is 0 Å². The molecule has 0 amide bonds. The van der Waals surface area contributed by atoms with Crippen LogP contribution in [-0.2, 0) is 14.6 Å². The van der Waals surface area contributed by atoms with E-state index in [2.05, 4.69) is 41.5 Å². The van der Waals surface area contributed by atoms with Crippen LogP contribution in [-0.4, -0.2) is 22.3 Å². The molecule has 0 bridgehead atoms. The molecule has 0 saturated heterocycles. The first-order chi connectivity index (χ1) is 27.2. The molecule has 0 saturated carbocycles. The van der Waals surface area contributed by atoms with Gasteiger partial charge in [0.2, 0.25) is 0 Å². The summed E-state index contributed by atoms with van der Waals surface area (Å²) in [5.74, 6) is -0.859. The molecule has 0 aliphatic carbocycles. The minimum absolute atomic E-state index is 0.162. The molecule has 56 heavy (non-hydrogen) atoms. The van der Waals surface area contributed by atoms with Crippen LogP contribution in [0.1, 0.15) is 312 Å². The van der Waals surface area contributed by atoms with Gasteiger partial charge >= 0.3 is 5.97 Å². The zero-order chi connectivity index (χ0) is 41.5. The van der Waals surface area contributed by atoms with Gasteiger partial charge in [0.15, 0.2) is 5.60 Å². The number of carbonyl (C=O) groups is 1. The molecule has 0 rings (SSSR count). The third-order valence-corrected chi connectivity index (χ3v) is 13.3. The van der Waals surface area contributed by atoms with E-state index in [9.17, 15) is 9.90 Å². The zero-order valence-corrected chi connectivity index (χ0v) is 39.7. The topological polar surface area (TPSA) is 55.8 Å². The van der Waals surface area contributed by atoms with Crippen LogP contribution in [0.15, 0.2) is 0 Å². The van der Waals surface area contributed by atoms with Crippen LogP contribution in [0.4, 0.5) is 0 Å². The van der Waals surface area contributed by atoms with E-state index >= 15 is 0 Å². The summed E-state index contributed by atoms with van der Waals surface area (Å²) in [7, 11) is 0. The van der Waals surface area contributed by atoms with E-state index < -0.39 is 17.2 Å². The maximum Gasteiger partial charge on any atom is 0.339 e. The highest BCUT2D eigenvalue weighted by atomic mass is 17.2. The van der Waals surface area contributed by atoms with Crippen molar-refractivity contribution in [3.8, 4) is 0 Å². The van der Waals surface area contributed by atoms with Crippen LogP contribution in [0.5, 0.6) is 0 Å². The molecule has 1 atom stereocenters. The number of hydrogen-bond acceptors (Lipinski definition) is 3. The summed E-state index contributed by atoms with van der Waals surface area (Å²) in [6, 6.07) is 0. The van der Waals surface area contributed by atoms with Crippen molar-refractivity contribution in [2.75, 3.05) is 0 Å². The summed E-state index contributed by atoms with van der Waals surface area (Å²) < 4.78 is 0. The van der Waals surface area contributed by atoms with Crippen molar-refractivity contribution in [2.45, 2.75) is 323 Å². The Bertz CT molecular complexity index is 786. The summed E-state index contributed by atoms with van der Waals surface area (Å²) >= 11 is 0. The van der Waals surface area contributed by atoms with Crippen LogP contribution in [0.3, 0.4) is 0 Å². The molecule has 4 nitrogen and oxygen atoms in total. The van der Waals surface area contributed by atoms with E-state index in [0.717, 1.165) is 44.9 Å². The van der Waals surface area contributed by atoms with Gasteiger partial charge in [-0.2, -0.15) is 0 Å². The van der Waals surface area contributed by atoms with Gasteiger partial charge in [0.25, 0.3) is 0 Å². The summed E-state index contributed by atoms with van der Waals surface area (Å²) in [6.45, 7) is 15.9. The minimum atomic E-state index is -1.27. The predicted octanol–water partition coefficient (Wildman–Crippen LogP) is 18.6. The van der Waals surface area contributed by atoms with Crippen molar-refractivity contribution in [3.05, 3.63) is 0 Å². The maximum atomic E-state index is 12.9. The molecule has 0 fully saturated rings. The average Bonchev–Trinajstić information content (AvgIpc) is 3.19. The van der Waals surface area contributed by atoms with Crippen molar-refractivity contribution in [3.63, 3.8) is 0 Å². The SMILES string of the molecule is CCCCCCCCCCC(C)(CCCCCCCCCC)CC(CCCCCCCCCC)(CCCCCCCCCC)OOC(CC)(CCCC)C(=O)O. The fourth-order valence-corrected chi connectivity index (χ4v) is 9.23. The van der Waals surface area contributed by atoms with Gasteiger partial charge in [0, 0.05) is 0 Å². The molecule has 1 N–H and O–H groups in total. The van der Waals surface area contributed by atoms with Gasteiger partial charge in [-0.05, 0) is 50.4 Å². The molecule has 0 aliphatic rings. The molecule has 0 aromatic carbocycles. The van der Waals surface area contributed by atoms with Crippen LogP contribution in [0, 0.1) is 5.41 Å². The predicted molar refractivity (Wildman–Crippen MR) is 247 cm³/mol. The first-order valence-electron chi connectivity index (χ1n) is 25.8. The second-order valence-corrected chi connectivity index (χ2v) is 19.0. The molecule has 0 heterocycles. The third kappa shape index (κ3) is 29.6. The maximum absolute atomic E-state index is 12.9. The van der Waals surface area contributed by atoms with Gasteiger partial charge < -0.3 is 5.11 Å². The molecule has 0 spiro atoms. The summed E-state index contributed by atoms with van der Waals surface area (Å²) in [5.41, 5.74) is -1.55. The summed E-state index contributed by atoms with van der Waals surface area (Å²) in [6.07, 6.45) is 50.5. The number of unbranched alkanes of at least 4 members (excludes halogenated alkanes) is 29. The molecule has 336 valence electrons. The monoisotopic (exact) mass is 793 g/mol. The van der Waals surface area contributed by atoms with E-state index in [-0.39, 0.29) is 5.41 Å². The Morgan fingerprint density at radius 3 is 0.946 bits per heavy atom. The smallest absolute Gasteiger partial charge is 0.339 e. The van der Waals surface area contributed by atoms with Crippen molar-refractivity contribution in [1.82, 2.24) is 0 Å². The molecule has 0 radical (unpaired) electrons. The lowest BCUT2D eigenvalue weighted by Crippen LogP contribution is -2.46. The second-order valence-electron chi connectivity index (χ2n) is 19.0. The van der Waals surface area contributed by atoms with Gasteiger partial charge in [-0.3, -0.25) is 0 Å². The van der Waals surface area contributed by atoms with Crippen molar-refractivity contribution < 1.29 is 19.7 Å². The number of rotatable bonds is 46. The first kappa shape index (κ1) is 55.4. The van der Waals surface area contributed by atoms with Gasteiger partial charge in [0.1, 0.15) is 5.60 Å². The summed E-state index contributed by atoms with van der Waals surface area (Å²) in [5, 5.41) is 10.6. The minimum Gasteiger partial charge on any atom is -0.479 e. The Morgan fingerprint density at radius 2 is 0.661 bits per heavy atom. The number of aliphatic carboxylic acids is 1. The second kappa shape index (κ2) is 38.6. The third-order valence-electron chi connectivity index (χ3n) is 13.3. The highest BCUT2D eigenvalue weighted by Crippen LogP contribution is 2.45. The molecule has 0 aliphatic heterocycles. The van der Waals surface area contributed by atoms with Crippen LogP contribution >= 0.6 is 0 Å². The molecule has 0 aromatic rings. The number of carboxylic acids is 1. The van der Waals surface area contributed by atoms with Gasteiger partial charge in [-0.25, -0.2) is 14.6 Å². The largest absolute Gasteiger partial charge is 0.479 e. The Morgan fingerprint density at radius 1 is 0.375 bits per heavy atom. The molecule has 0 aromatic heterocycles. The van der Waals surface area contributed by atoms with E-state index in [1.54, 1.807) is 0 Å². The van der Waals surface area contributed by atoms with Crippen molar-refractivity contribution in [2.24, 2.45) is 5.41 Å². The Labute approximate surface area is 352 Å². The quantitative estimate of drug-likeness (QED) is 0.0379. The standard InChI is InChI=1S/C52H104O4/c1-8-14-19-23-27-31-35-39-43-50(7,44-40-36-32-28-24-20-15-9-2)48-51(45-41-37-33-29-25-21-16-10-3,46-42-38-34-30-26-22-17-11-4)55-56-52(13-6,49(53)54)47-18-12-5/h8-48H2,1-7H3,(H,53,54). The number of carboxylic acid groups (broad SMARTS) is 1. The van der Waals surface area contributed by atoms with E-state index in [1.165, 1.54) is 205 Å². The lowest BCUT2D eigenvalue weighted by Gasteiger charge is -2.43. The Balaban J connectivity index is 6.32. The lowest BCUT2D eigenvalue weighted by atomic mass is 9.69. The summed E-state index contributed by atoms with van der Waals surface area (Å²) in [4.78, 5) is 26.4. The highest BCUT2D eigenvalue weighted by Gasteiger charge is 2.45. The molecular formula is C52H104O4. The van der Waals surface area contributed by atoms with E-state index in [4.69, 9.17) is 9.78 Å². The van der Waals surface area contributed by atoms with Crippen molar-refractivity contribution >= 4 is 5.97 Å². The van der Waals surface area contributed by atoms with Crippen molar-refractivity contribution in [1.29, 1.82) is 0 Å². The zero-order valence-electron chi connectivity index (χ0n) is 39.7. The Kier molecular flexibility index (Phi) is 38.2. The lowest BCUT2D eigenvalue weighted by molar-refractivity contribution is -0.415. The molecule has 4 heteroatoms.